The van der Waals surface area contributed by atoms with Crippen molar-refractivity contribution in [1.82, 2.24) is 5.32 Å². The van der Waals surface area contributed by atoms with Gasteiger partial charge in [-0.2, -0.15) is 0 Å². The van der Waals surface area contributed by atoms with Crippen LogP contribution in [0, 0.1) is 0 Å². The number of hydrogen-bond donors (Lipinski definition) is 2. The summed E-state index contributed by atoms with van der Waals surface area (Å²) in [5.41, 5.74) is 1.93. The van der Waals surface area contributed by atoms with E-state index in [9.17, 15) is 9.59 Å². The Labute approximate surface area is 119 Å². The van der Waals surface area contributed by atoms with Gasteiger partial charge in [0.1, 0.15) is 6.04 Å². The van der Waals surface area contributed by atoms with Crippen LogP contribution in [0.5, 0.6) is 0 Å². The van der Waals surface area contributed by atoms with E-state index in [0.717, 1.165) is 12.1 Å². The predicted molar refractivity (Wildman–Crippen MR) is 79.1 cm³/mol. The number of nitrogens with one attached hydrogen (secondary N) is 1. The number of carbonyl (C=O) groups excluding carboxylic acids is 1. The van der Waals surface area contributed by atoms with Crippen LogP contribution in [0.4, 0.5) is 10.5 Å². The molecular formula is C15H22N2O3. The fraction of sp³-hybridized carbons (Fsp3) is 0.467. The molecular weight excluding hydrogens is 256 g/mol. The Hall–Kier alpha value is -2.04. The summed E-state index contributed by atoms with van der Waals surface area (Å²) in [6, 6.07) is 6.38. The Morgan fingerprint density at radius 3 is 2.30 bits per heavy atom. The minimum absolute atomic E-state index is 0.407. The molecule has 5 heteroatoms. The molecule has 2 N–H and O–H groups in total. The van der Waals surface area contributed by atoms with Gasteiger partial charge >= 0.3 is 12.0 Å². The number of carboxylic acids is 1. The molecule has 0 heterocycles. The van der Waals surface area contributed by atoms with Crippen molar-refractivity contribution in [3.63, 3.8) is 0 Å². The Bertz CT molecular complexity index is 457. The second-order valence-corrected chi connectivity index (χ2v) is 4.71. The van der Waals surface area contributed by atoms with Crippen LogP contribution in [0.1, 0.15) is 32.3 Å². The summed E-state index contributed by atoms with van der Waals surface area (Å²) >= 11 is 0. The number of hydrogen-bond acceptors (Lipinski definition) is 2. The Balaban J connectivity index is 2.71. The summed E-state index contributed by atoms with van der Waals surface area (Å²) in [6.45, 7) is 3.95. The van der Waals surface area contributed by atoms with Gasteiger partial charge in [-0.05, 0) is 30.5 Å². The van der Waals surface area contributed by atoms with Gasteiger partial charge in [0.15, 0.2) is 0 Å². The zero-order valence-electron chi connectivity index (χ0n) is 12.2. The van der Waals surface area contributed by atoms with Gasteiger partial charge in [0, 0.05) is 12.7 Å². The van der Waals surface area contributed by atoms with Gasteiger partial charge in [-0.15, -0.1) is 0 Å². The number of aliphatic carboxylic acids is 1. The standard InChI is InChI=1S/C15H22N2O3/c1-4-6-13(14(18)19)16-15(20)17(3)12-9-7-11(5-2)8-10-12/h7-10,13H,4-6H2,1-3H3,(H,16,20)(H,18,19)/t13-/m1/s1. The molecule has 0 unspecified atom stereocenters. The quantitative estimate of drug-likeness (QED) is 0.840. The summed E-state index contributed by atoms with van der Waals surface area (Å²) < 4.78 is 0. The van der Waals surface area contributed by atoms with E-state index in [-0.39, 0.29) is 0 Å². The summed E-state index contributed by atoms with van der Waals surface area (Å²) in [5.74, 6) is -1.00. The number of carbonyl (C=O) groups is 2. The third-order valence-electron chi connectivity index (χ3n) is 3.21. The second-order valence-electron chi connectivity index (χ2n) is 4.71. The van der Waals surface area contributed by atoms with Crippen molar-refractivity contribution in [1.29, 1.82) is 0 Å². The molecule has 0 aromatic heterocycles. The van der Waals surface area contributed by atoms with Crippen molar-refractivity contribution in [3.8, 4) is 0 Å². The first kappa shape index (κ1) is 16.0. The predicted octanol–water partition coefficient (Wildman–Crippen LogP) is 2.65. The van der Waals surface area contributed by atoms with Gasteiger partial charge in [-0.1, -0.05) is 32.4 Å². The largest absolute Gasteiger partial charge is 0.480 e. The zero-order chi connectivity index (χ0) is 15.1. The van der Waals surface area contributed by atoms with Gasteiger partial charge in [0.2, 0.25) is 0 Å². The molecule has 0 saturated heterocycles. The molecule has 0 aliphatic rings. The van der Waals surface area contributed by atoms with Crippen LogP contribution in [-0.2, 0) is 11.2 Å². The first-order valence-corrected chi connectivity index (χ1v) is 6.85. The number of nitrogens with zero attached hydrogens (tertiary/aromatic N) is 1. The fourth-order valence-corrected chi connectivity index (χ4v) is 1.86. The fourth-order valence-electron chi connectivity index (χ4n) is 1.86. The monoisotopic (exact) mass is 278 g/mol. The summed E-state index contributed by atoms with van der Waals surface area (Å²) in [5, 5.41) is 11.6. The van der Waals surface area contributed by atoms with E-state index in [1.165, 1.54) is 10.5 Å². The average Bonchev–Trinajstić information content (AvgIpc) is 2.45. The van der Waals surface area contributed by atoms with E-state index in [1.54, 1.807) is 7.05 Å². The number of amides is 2. The van der Waals surface area contributed by atoms with Crippen molar-refractivity contribution in [3.05, 3.63) is 29.8 Å². The highest BCUT2D eigenvalue weighted by atomic mass is 16.4. The molecule has 0 saturated carbocycles. The lowest BCUT2D eigenvalue weighted by Gasteiger charge is -2.21. The lowest BCUT2D eigenvalue weighted by molar-refractivity contribution is -0.139. The molecule has 0 bridgehead atoms. The number of aryl methyl sites for hydroxylation is 1. The number of carboxylic acid groups (broad SMARTS) is 1. The van der Waals surface area contributed by atoms with E-state index < -0.39 is 18.0 Å². The minimum Gasteiger partial charge on any atom is -0.480 e. The molecule has 0 radical (unpaired) electrons. The number of anilines is 1. The highest BCUT2D eigenvalue weighted by Crippen LogP contribution is 2.14. The Kier molecular flexibility index (Phi) is 6.03. The van der Waals surface area contributed by atoms with Crippen molar-refractivity contribution < 1.29 is 14.7 Å². The van der Waals surface area contributed by atoms with Crippen LogP contribution in [0.3, 0.4) is 0 Å². The Morgan fingerprint density at radius 1 is 1.25 bits per heavy atom. The lowest BCUT2D eigenvalue weighted by atomic mass is 10.1. The topological polar surface area (TPSA) is 69.6 Å². The van der Waals surface area contributed by atoms with Gasteiger partial charge in [0.25, 0.3) is 0 Å². The molecule has 110 valence electrons. The number of rotatable bonds is 6. The molecule has 1 aromatic rings. The third-order valence-corrected chi connectivity index (χ3v) is 3.21. The molecule has 0 aliphatic heterocycles. The average molecular weight is 278 g/mol. The van der Waals surface area contributed by atoms with Gasteiger partial charge in [-0.25, -0.2) is 9.59 Å². The van der Waals surface area contributed by atoms with Gasteiger partial charge < -0.3 is 10.4 Å². The van der Waals surface area contributed by atoms with Crippen LogP contribution >= 0.6 is 0 Å². The molecule has 20 heavy (non-hydrogen) atoms. The van der Waals surface area contributed by atoms with E-state index in [1.807, 2.05) is 31.2 Å². The van der Waals surface area contributed by atoms with Crippen molar-refractivity contribution in [2.45, 2.75) is 39.2 Å². The molecule has 1 rings (SSSR count). The lowest BCUT2D eigenvalue weighted by Crippen LogP contribution is -2.46. The van der Waals surface area contributed by atoms with Crippen LogP contribution in [0.25, 0.3) is 0 Å². The smallest absolute Gasteiger partial charge is 0.326 e. The van der Waals surface area contributed by atoms with Gasteiger partial charge in [0.05, 0.1) is 0 Å². The maximum absolute atomic E-state index is 12.0. The van der Waals surface area contributed by atoms with Crippen LogP contribution < -0.4 is 10.2 Å². The first-order valence-electron chi connectivity index (χ1n) is 6.85. The normalized spacial score (nSPS) is 11.8. The highest BCUT2D eigenvalue weighted by Gasteiger charge is 2.21. The SMILES string of the molecule is CCC[C@@H](NC(=O)N(C)c1ccc(CC)cc1)C(=O)O. The molecule has 2 amide bonds. The van der Waals surface area contributed by atoms with Crippen LogP contribution in [0.15, 0.2) is 24.3 Å². The van der Waals surface area contributed by atoms with E-state index >= 15 is 0 Å². The number of urea groups is 1. The van der Waals surface area contributed by atoms with Crippen LogP contribution in [0.2, 0.25) is 0 Å². The molecule has 1 atom stereocenters. The van der Waals surface area contributed by atoms with Gasteiger partial charge in [-0.3, -0.25) is 4.90 Å². The first-order chi connectivity index (χ1) is 9.49. The summed E-state index contributed by atoms with van der Waals surface area (Å²) in [4.78, 5) is 24.5. The van der Waals surface area contributed by atoms with E-state index in [0.29, 0.717) is 12.8 Å². The number of benzene rings is 1. The maximum atomic E-state index is 12.0. The summed E-state index contributed by atoms with van der Waals surface area (Å²) in [6.07, 6.45) is 2.06. The minimum atomic E-state index is -1.00. The van der Waals surface area contributed by atoms with Crippen molar-refractivity contribution in [2.75, 3.05) is 11.9 Å². The highest BCUT2D eigenvalue weighted by molar-refractivity contribution is 5.93. The van der Waals surface area contributed by atoms with Crippen molar-refractivity contribution >= 4 is 17.7 Å². The summed E-state index contributed by atoms with van der Waals surface area (Å²) in [7, 11) is 1.63. The molecule has 0 aliphatic carbocycles. The van der Waals surface area contributed by atoms with Crippen molar-refractivity contribution in [2.24, 2.45) is 0 Å². The van der Waals surface area contributed by atoms with Crippen LogP contribution in [-0.4, -0.2) is 30.2 Å². The maximum Gasteiger partial charge on any atom is 0.326 e. The molecule has 0 fully saturated rings. The third kappa shape index (κ3) is 4.26. The second kappa shape index (κ2) is 7.53. The van der Waals surface area contributed by atoms with E-state index in [4.69, 9.17) is 5.11 Å². The Morgan fingerprint density at radius 2 is 1.85 bits per heavy atom. The molecule has 1 aromatic carbocycles. The molecule has 5 nitrogen and oxygen atoms in total. The molecule has 0 spiro atoms. The van der Waals surface area contributed by atoms with E-state index in [2.05, 4.69) is 12.2 Å². The zero-order valence-corrected chi connectivity index (χ0v) is 12.2.